The Morgan fingerprint density at radius 2 is 1.86 bits per heavy atom. The third kappa shape index (κ3) is 3.79. The minimum Gasteiger partial charge on any atom is -0.493 e. The second-order valence-corrected chi connectivity index (χ2v) is 6.80. The van der Waals surface area contributed by atoms with Crippen molar-refractivity contribution in [1.82, 2.24) is 4.98 Å². The van der Waals surface area contributed by atoms with E-state index < -0.39 is 10.8 Å². The Morgan fingerprint density at radius 1 is 1.18 bits per heavy atom. The molecule has 1 N–H and O–H groups in total. The van der Waals surface area contributed by atoms with E-state index in [1.165, 1.54) is 37.7 Å². The molecule has 1 aromatic heterocycles. The molecule has 144 valence electrons. The molecule has 0 aliphatic rings. The SMILES string of the molecule is COc1cc(C(=O)Nc2ccccc2-c2csc(C)n2)c([N+](=O)[O-])cc1OC. The van der Waals surface area contributed by atoms with Crippen LogP contribution in [0.4, 0.5) is 11.4 Å². The minimum atomic E-state index is -0.632. The van der Waals surface area contributed by atoms with Crippen LogP contribution in [0.15, 0.2) is 41.8 Å². The molecular formula is C19H17N3O5S. The van der Waals surface area contributed by atoms with E-state index in [1.54, 1.807) is 12.1 Å². The molecule has 9 heteroatoms. The molecular weight excluding hydrogens is 382 g/mol. The highest BCUT2D eigenvalue weighted by molar-refractivity contribution is 7.09. The first-order valence-electron chi connectivity index (χ1n) is 8.18. The van der Waals surface area contributed by atoms with Crippen molar-refractivity contribution in [3.63, 3.8) is 0 Å². The molecule has 1 heterocycles. The summed E-state index contributed by atoms with van der Waals surface area (Å²) in [5.41, 5.74) is 1.44. The van der Waals surface area contributed by atoms with Gasteiger partial charge in [-0.25, -0.2) is 4.98 Å². The lowest BCUT2D eigenvalue weighted by atomic mass is 10.1. The highest BCUT2D eigenvalue weighted by Gasteiger charge is 2.25. The first-order valence-corrected chi connectivity index (χ1v) is 9.06. The maximum Gasteiger partial charge on any atom is 0.286 e. The number of thiazole rings is 1. The van der Waals surface area contributed by atoms with Crippen LogP contribution in [0.1, 0.15) is 15.4 Å². The number of carbonyl (C=O) groups is 1. The van der Waals surface area contributed by atoms with E-state index in [1.807, 2.05) is 24.4 Å². The van der Waals surface area contributed by atoms with Crippen molar-refractivity contribution in [3.8, 4) is 22.8 Å². The summed E-state index contributed by atoms with van der Waals surface area (Å²) in [6, 6.07) is 9.60. The van der Waals surface area contributed by atoms with E-state index in [2.05, 4.69) is 10.3 Å². The molecule has 28 heavy (non-hydrogen) atoms. The van der Waals surface area contributed by atoms with Gasteiger partial charge in [0.2, 0.25) is 0 Å². The number of anilines is 1. The quantitative estimate of drug-likeness (QED) is 0.490. The summed E-state index contributed by atoms with van der Waals surface area (Å²) >= 11 is 1.50. The number of hydrogen-bond donors (Lipinski definition) is 1. The standard InChI is InChI=1S/C19H17N3O5S/c1-11-20-15(10-28-11)12-6-4-5-7-14(12)21-19(23)13-8-17(26-2)18(27-3)9-16(13)22(24)25/h4-10H,1-3H3,(H,21,23). The monoisotopic (exact) mass is 399 g/mol. The number of carbonyl (C=O) groups excluding carboxylic acids is 1. The molecule has 0 saturated carbocycles. The van der Waals surface area contributed by atoms with Crippen molar-refractivity contribution in [2.75, 3.05) is 19.5 Å². The molecule has 0 bridgehead atoms. The average molecular weight is 399 g/mol. The molecule has 0 aliphatic heterocycles. The second-order valence-electron chi connectivity index (χ2n) is 5.73. The Kier molecular flexibility index (Phi) is 5.55. The average Bonchev–Trinajstić information content (AvgIpc) is 3.13. The van der Waals surface area contributed by atoms with Gasteiger partial charge in [-0.3, -0.25) is 14.9 Å². The van der Waals surface area contributed by atoms with Gasteiger partial charge in [0.15, 0.2) is 11.5 Å². The molecule has 0 spiro atoms. The molecule has 3 rings (SSSR count). The topological polar surface area (TPSA) is 104 Å². The van der Waals surface area contributed by atoms with Gasteiger partial charge >= 0.3 is 0 Å². The number of nitro benzene ring substituents is 1. The van der Waals surface area contributed by atoms with E-state index in [4.69, 9.17) is 9.47 Å². The highest BCUT2D eigenvalue weighted by atomic mass is 32.1. The summed E-state index contributed by atoms with van der Waals surface area (Å²) in [7, 11) is 2.76. The molecule has 8 nitrogen and oxygen atoms in total. The number of benzene rings is 2. The van der Waals surface area contributed by atoms with Gasteiger partial charge in [0.25, 0.3) is 11.6 Å². The van der Waals surface area contributed by atoms with Crippen molar-refractivity contribution < 1.29 is 19.2 Å². The van der Waals surface area contributed by atoms with Crippen molar-refractivity contribution >= 4 is 28.6 Å². The molecule has 0 aliphatic carbocycles. The summed E-state index contributed by atoms with van der Waals surface area (Å²) in [5, 5.41) is 17.0. The van der Waals surface area contributed by atoms with E-state index in [-0.39, 0.29) is 22.7 Å². The zero-order valence-electron chi connectivity index (χ0n) is 15.4. The molecule has 0 saturated heterocycles. The fourth-order valence-corrected chi connectivity index (χ4v) is 3.31. The van der Waals surface area contributed by atoms with Crippen LogP contribution in [0.3, 0.4) is 0 Å². The third-order valence-corrected chi connectivity index (χ3v) is 4.79. The molecule has 0 fully saturated rings. The van der Waals surface area contributed by atoms with Crippen molar-refractivity contribution in [2.45, 2.75) is 6.92 Å². The van der Waals surface area contributed by atoms with Gasteiger partial charge < -0.3 is 14.8 Å². The number of nitrogens with one attached hydrogen (secondary N) is 1. The number of nitrogens with zero attached hydrogens (tertiary/aromatic N) is 2. The summed E-state index contributed by atoms with van der Waals surface area (Å²) in [6.45, 7) is 1.89. The number of rotatable bonds is 6. The van der Waals surface area contributed by atoms with Crippen LogP contribution < -0.4 is 14.8 Å². The molecule has 2 aromatic carbocycles. The first kappa shape index (κ1) is 19.3. The first-order chi connectivity index (χ1) is 13.4. The molecule has 0 unspecified atom stereocenters. The fourth-order valence-electron chi connectivity index (χ4n) is 2.69. The number of hydrogen-bond acceptors (Lipinski definition) is 7. The molecule has 0 radical (unpaired) electrons. The Labute approximate surface area is 164 Å². The predicted octanol–water partition coefficient (Wildman–Crippen LogP) is 4.30. The number of ether oxygens (including phenoxy) is 2. The van der Waals surface area contributed by atoms with E-state index in [9.17, 15) is 14.9 Å². The number of para-hydroxylation sites is 1. The Morgan fingerprint density at radius 3 is 2.46 bits per heavy atom. The van der Waals surface area contributed by atoms with Crippen molar-refractivity contribution in [1.29, 1.82) is 0 Å². The number of nitro groups is 1. The fraction of sp³-hybridized carbons (Fsp3) is 0.158. The maximum absolute atomic E-state index is 12.9. The predicted molar refractivity (Wildman–Crippen MR) is 106 cm³/mol. The van der Waals surface area contributed by atoms with Crippen LogP contribution in [-0.4, -0.2) is 30.0 Å². The van der Waals surface area contributed by atoms with Crippen molar-refractivity contribution in [2.24, 2.45) is 0 Å². The Bertz CT molecular complexity index is 1050. The lowest BCUT2D eigenvalue weighted by Crippen LogP contribution is -2.15. The van der Waals surface area contributed by atoms with Crippen LogP contribution in [-0.2, 0) is 0 Å². The smallest absolute Gasteiger partial charge is 0.286 e. The van der Waals surface area contributed by atoms with Gasteiger partial charge in [0, 0.05) is 17.0 Å². The van der Waals surface area contributed by atoms with Gasteiger partial charge in [0.1, 0.15) is 5.56 Å². The zero-order chi connectivity index (χ0) is 20.3. The summed E-state index contributed by atoms with van der Waals surface area (Å²) < 4.78 is 10.3. The van der Waals surface area contributed by atoms with Crippen LogP contribution in [0.5, 0.6) is 11.5 Å². The van der Waals surface area contributed by atoms with Crippen LogP contribution in [0.2, 0.25) is 0 Å². The largest absolute Gasteiger partial charge is 0.493 e. The molecule has 1 amide bonds. The maximum atomic E-state index is 12.9. The molecule has 3 aromatic rings. The van der Waals surface area contributed by atoms with Gasteiger partial charge in [-0.05, 0) is 13.0 Å². The lowest BCUT2D eigenvalue weighted by Gasteiger charge is -2.12. The third-order valence-electron chi connectivity index (χ3n) is 4.01. The second kappa shape index (κ2) is 8.05. The van der Waals surface area contributed by atoms with Gasteiger partial charge in [-0.1, -0.05) is 18.2 Å². The van der Waals surface area contributed by atoms with Crippen LogP contribution in [0.25, 0.3) is 11.3 Å². The lowest BCUT2D eigenvalue weighted by molar-refractivity contribution is -0.385. The highest BCUT2D eigenvalue weighted by Crippen LogP contribution is 2.35. The normalized spacial score (nSPS) is 10.4. The van der Waals surface area contributed by atoms with Gasteiger partial charge in [-0.15, -0.1) is 11.3 Å². The molecule has 0 atom stereocenters. The number of aryl methyl sites for hydroxylation is 1. The van der Waals surface area contributed by atoms with E-state index in [0.29, 0.717) is 5.69 Å². The van der Waals surface area contributed by atoms with Crippen LogP contribution >= 0.6 is 11.3 Å². The van der Waals surface area contributed by atoms with Crippen LogP contribution in [0, 0.1) is 17.0 Å². The van der Waals surface area contributed by atoms with E-state index >= 15 is 0 Å². The Balaban J connectivity index is 2.02. The zero-order valence-corrected chi connectivity index (χ0v) is 16.2. The summed E-state index contributed by atoms with van der Waals surface area (Å²) in [5.74, 6) is -0.238. The summed E-state index contributed by atoms with van der Waals surface area (Å²) in [4.78, 5) is 28.1. The number of methoxy groups -OCH3 is 2. The van der Waals surface area contributed by atoms with Gasteiger partial charge in [-0.2, -0.15) is 0 Å². The van der Waals surface area contributed by atoms with Crippen molar-refractivity contribution in [3.05, 3.63) is 62.5 Å². The number of amides is 1. The summed E-state index contributed by atoms with van der Waals surface area (Å²) in [6.07, 6.45) is 0. The van der Waals surface area contributed by atoms with Gasteiger partial charge in [0.05, 0.1) is 41.6 Å². The Hall–Kier alpha value is -3.46. The van der Waals surface area contributed by atoms with E-state index in [0.717, 1.165) is 16.3 Å². The number of aromatic nitrogens is 1. The minimum absolute atomic E-state index is 0.132.